The highest BCUT2D eigenvalue weighted by molar-refractivity contribution is 5.90. The number of aromatic amines is 1. The second-order valence-corrected chi connectivity index (χ2v) is 3.37. The summed E-state index contributed by atoms with van der Waals surface area (Å²) in [5.74, 6) is -0.438. The van der Waals surface area contributed by atoms with Gasteiger partial charge in [-0.15, -0.1) is 0 Å². The largest absolute Gasteiger partial charge is 0.465 e. The number of benzene rings is 1. The van der Waals surface area contributed by atoms with Crippen molar-refractivity contribution in [3.63, 3.8) is 0 Å². The average molecular weight is 230 g/mol. The van der Waals surface area contributed by atoms with Crippen LogP contribution in [0.4, 0.5) is 0 Å². The van der Waals surface area contributed by atoms with Crippen molar-refractivity contribution in [2.45, 2.75) is 0 Å². The van der Waals surface area contributed by atoms with Crippen LogP contribution in [0.15, 0.2) is 41.6 Å². The Labute approximate surface area is 97.1 Å². The maximum Gasteiger partial charge on any atom is 0.337 e. The van der Waals surface area contributed by atoms with Gasteiger partial charge in [-0.05, 0) is 17.7 Å². The standard InChI is InChI=1S/C12H10N2O3/c1-17-12(16)9-4-2-3-8(5-9)10-6-13-7-14-11(10)15/h2-7H,1H3,(H,13,14,15). The predicted molar refractivity (Wildman–Crippen MR) is 61.6 cm³/mol. The summed E-state index contributed by atoms with van der Waals surface area (Å²) in [6, 6.07) is 6.64. The Morgan fingerprint density at radius 2 is 2.24 bits per heavy atom. The minimum Gasteiger partial charge on any atom is -0.465 e. The van der Waals surface area contributed by atoms with E-state index in [0.29, 0.717) is 16.7 Å². The van der Waals surface area contributed by atoms with Gasteiger partial charge in [0.05, 0.1) is 24.6 Å². The minimum atomic E-state index is -0.438. The van der Waals surface area contributed by atoms with Crippen LogP contribution in [0, 0.1) is 0 Å². The van der Waals surface area contributed by atoms with Crippen molar-refractivity contribution in [3.05, 3.63) is 52.7 Å². The maximum atomic E-state index is 11.6. The van der Waals surface area contributed by atoms with Crippen LogP contribution in [0.25, 0.3) is 11.1 Å². The molecule has 86 valence electrons. The summed E-state index contributed by atoms with van der Waals surface area (Å²) >= 11 is 0. The molecule has 0 amide bonds. The van der Waals surface area contributed by atoms with Crippen LogP contribution in [0.3, 0.4) is 0 Å². The van der Waals surface area contributed by atoms with E-state index in [-0.39, 0.29) is 5.56 Å². The first kappa shape index (κ1) is 11.1. The molecule has 2 aromatic rings. The molecule has 0 atom stereocenters. The quantitative estimate of drug-likeness (QED) is 0.787. The maximum absolute atomic E-state index is 11.6. The van der Waals surface area contributed by atoms with E-state index in [2.05, 4.69) is 14.7 Å². The van der Waals surface area contributed by atoms with Gasteiger partial charge in [0, 0.05) is 6.20 Å². The molecule has 0 aliphatic heterocycles. The van der Waals surface area contributed by atoms with Gasteiger partial charge in [0.15, 0.2) is 0 Å². The molecule has 0 saturated heterocycles. The highest BCUT2D eigenvalue weighted by atomic mass is 16.5. The lowest BCUT2D eigenvalue weighted by molar-refractivity contribution is 0.0601. The molecular weight excluding hydrogens is 220 g/mol. The smallest absolute Gasteiger partial charge is 0.337 e. The van der Waals surface area contributed by atoms with E-state index in [4.69, 9.17) is 0 Å². The number of nitrogens with one attached hydrogen (secondary N) is 1. The normalized spacial score (nSPS) is 9.94. The summed E-state index contributed by atoms with van der Waals surface area (Å²) in [5.41, 5.74) is 1.19. The minimum absolute atomic E-state index is 0.248. The molecule has 1 aromatic carbocycles. The van der Waals surface area contributed by atoms with Crippen LogP contribution in [0.2, 0.25) is 0 Å². The summed E-state index contributed by atoms with van der Waals surface area (Å²) in [4.78, 5) is 29.2. The Morgan fingerprint density at radius 3 is 2.94 bits per heavy atom. The van der Waals surface area contributed by atoms with Gasteiger partial charge in [0.2, 0.25) is 0 Å². The molecule has 0 spiro atoms. The van der Waals surface area contributed by atoms with Crippen LogP contribution in [-0.4, -0.2) is 23.0 Å². The van der Waals surface area contributed by atoms with Gasteiger partial charge in [-0.25, -0.2) is 9.78 Å². The van der Waals surface area contributed by atoms with E-state index in [1.165, 1.54) is 19.6 Å². The van der Waals surface area contributed by atoms with Gasteiger partial charge >= 0.3 is 5.97 Å². The van der Waals surface area contributed by atoms with E-state index in [9.17, 15) is 9.59 Å². The lowest BCUT2D eigenvalue weighted by atomic mass is 10.1. The fourth-order valence-corrected chi connectivity index (χ4v) is 1.48. The van der Waals surface area contributed by atoms with Crippen molar-refractivity contribution in [1.29, 1.82) is 0 Å². The Bertz CT molecular complexity index is 604. The molecule has 0 saturated carbocycles. The Hall–Kier alpha value is -2.43. The lowest BCUT2D eigenvalue weighted by Gasteiger charge is -2.02. The third kappa shape index (κ3) is 2.23. The van der Waals surface area contributed by atoms with Crippen molar-refractivity contribution in [2.75, 3.05) is 7.11 Å². The van der Waals surface area contributed by atoms with Gasteiger partial charge in [-0.1, -0.05) is 12.1 Å². The van der Waals surface area contributed by atoms with E-state index in [0.717, 1.165) is 0 Å². The number of H-pyrrole nitrogens is 1. The fraction of sp³-hybridized carbons (Fsp3) is 0.0833. The van der Waals surface area contributed by atoms with Crippen molar-refractivity contribution in [3.8, 4) is 11.1 Å². The van der Waals surface area contributed by atoms with Gasteiger partial charge in [-0.2, -0.15) is 0 Å². The van der Waals surface area contributed by atoms with Crippen LogP contribution >= 0.6 is 0 Å². The highest BCUT2D eigenvalue weighted by Gasteiger charge is 2.08. The van der Waals surface area contributed by atoms with Crippen LogP contribution < -0.4 is 5.56 Å². The van der Waals surface area contributed by atoms with Crippen LogP contribution in [0.1, 0.15) is 10.4 Å². The molecule has 1 N–H and O–H groups in total. The zero-order chi connectivity index (χ0) is 12.3. The lowest BCUT2D eigenvalue weighted by Crippen LogP contribution is -2.09. The van der Waals surface area contributed by atoms with Crippen molar-refractivity contribution in [2.24, 2.45) is 0 Å². The first-order chi connectivity index (χ1) is 8.22. The number of ether oxygens (including phenoxy) is 1. The van der Waals surface area contributed by atoms with Gasteiger partial charge in [-0.3, -0.25) is 4.79 Å². The van der Waals surface area contributed by atoms with E-state index >= 15 is 0 Å². The molecule has 17 heavy (non-hydrogen) atoms. The van der Waals surface area contributed by atoms with Gasteiger partial charge in [0.25, 0.3) is 5.56 Å². The number of methoxy groups -OCH3 is 1. The molecule has 5 nitrogen and oxygen atoms in total. The molecule has 0 aliphatic carbocycles. The van der Waals surface area contributed by atoms with Crippen molar-refractivity contribution in [1.82, 2.24) is 9.97 Å². The summed E-state index contributed by atoms with van der Waals surface area (Å²) in [6.07, 6.45) is 2.77. The number of hydrogen-bond donors (Lipinski definition) is 1. The number of nitrogens with zero attached hydrogens (tertiary/aromatic N) is 1. The molecule has 0 radical (unpaired) electrons. The fourth-order valence-electron chi connectivity index (χ4n) is 1.48. The third-order valence-corrected chi connectivity index (χ3v) is 2.31. The van der Waals surface area contributed by atoms with Crippen LogP contribution in [-0.2, 0) is 4.74 Å². The predicted octanol–water partition coefficient (Wildman–Crippen LogP) is 1.22. The molecular formula is C12H10N2O3. The zero-order valence-electron chi connectivity index (χ0n) is 9.14. The first-order valence-corrected chi connectivity index (χ1v) is 4.94. The van der Waals surface area contributed by atoms with Gasteiger partial charge in [0.1, 0.15) is 0 Å². The second kappa shape index (κ2) is 4.61. The average Bonchev–Trinajstić information content (AvgIpc) is 2.38. The molecule has 0 aliphatic rings. The summed E-state index contributed by atoms with van der Waals surface area (Å²) in [7, 11) is 1.31. The van der Waals surface area contributed by atoms with Crippen LogP contribution in [0.5, 0.6) is 0 Å². The second-order valence-electron chi connectivity index (χ2n) is 3.37. The van der Waals surface area contributed by atoms with Crippen molar-refractivity contribution < 1.29 is 9.53 Å². The number of aromatic nitrogens is 2. The zero-order valence-corrected chi connectivity index (χ0v) is 9.14. The number of rotatable bonds is 2. The molecule has 1 aromatic heterocycles. The summed E-state index contributed by atoms with van der Waals surface area (Å²) < 4.78 is 4.62. The molecule has 5 heteroatoms. The molecule has 0 unspecified atom stereocenters. The Balaban J connectivity index is 2.51. The molecule has 0 bridgehead atoms. The van der Waals surface area contributed by atoms with E-state index < -0.39 is 5.97 Å². The summed E-state index contributed by atoms with van der Waals surface area (Å²) in [5, 5.41) is 0. The first-order valence-electron chi connectivity index (χ1n) is 4.94. The van der Waals surface area contributed by atoms with Crippen molar-refractivity contribution >= 4 is 5.97 Å². The van der Waals surface area contributed by atoms with E-state index in [1.807, 2.05) is 0 Å². The monoisotopic (exact) mass is 230 g/mol. The number of hydrogen-bond acceptors (Lipinski definition) is 4. The molecule has 1 heterocycles. The molecule has 2 rings (SSSR count). The Morgan fingerprint density at radius 1 is 1.41 bits per heavy atom. The topological polar surface area (TPSA) is 72.0 Å². The van der Waals surface area contributed by atoms with E-state index in [1.54, 1.807) is 24.3 Å². The number of carbonyl (C=O) groups is 1. The number of carbonyl (C=O) groups excluding carboxylic acids is 1. The highest BCUT2D eigenvalue weighted by Crippen LogP contribution is 2.16. The number of esters is 1. The SMILES string of the molecule is COC(=O)c1cccc(-c2cnc[nH]c2=O)c1. The third-order valence-electron chi connectivity index (χ3n) is 2.31. The molecule has 0 fully saturated rings. The van der Waals surface area contributed by atoms with Gasteiger partial charge < -0.3 is 9.72 Å². The summed E-state index contributed by atoms with van der Waals surface area (Å²) in [6.45, 7) is 0. The Kier molecular flexibility index (Phi) is 3.00.